The second-order valence-electron chi connectivity index (χ2n) is 3.80. The van der Waals surface area contributed by atoms with Crippen LogP contribution in [0.2, 0.25) is 0 Å². The van der Waals surface area contributed by atoms with Crippen molar-refractivity contribution in [3.05, 3.63) is 48.0 Å². The second-order valence-corrected chi connectivity index (χ2v) is 3.80. The largest absolute Gasteiger partial charge is 0.369 e. The van der Waals surface area contributed by atoms with Crippen molar-refractivity contribution >= 4 is 11.6 Å². The van der Waals surface area contributed by atoms with Gasteiger partial charge in [-0.3, -0.25) is 4.98 Å². The third kappa shape index (κ3) is 3.41. The van der Waals surface area contributed by atoms with E-state index in [1.54, 1.807) is 18.5 Å². The zero-order chi connectivity index (χ0) is 12.8. The highest BCUT2D eigenvalue weighted by Crippen LogP contribution is 2.09. The molecule has 0 saturated heterocycles. The molecule has 5 heteroatoms. The molecule has 0 spiro atoms. The lowest BCUT2D eigenvalue weighted by Crippen LogP contribution is -2.05. The first kappa shape index (κ1) is 12.3. The summed E-state index contributed by atoms with van der Waals surface area (Å²) in [6.07, 6.45) is 3.30. The van der Waals surface area contributed by atoms with Gasteiger partial charge in [0.2, 0.25) is 0 Å². The molecule has 2 aromatic rings. The minimum Gasteiger partial charge on any atom is -0.369 e. The molecule has 4 nitrogen and oxygen atoms in total. The fraction of sp³-hybridized carbons (Fsp3) is 0.231. The Morgan fingerprint density at radius 2 is 1.94 bits per heavy atom. The molecule has 1 aromatic heterocycles. The molecule has 1 aromatic carbocycles. The summed E-state index contributed by atoms with van der Waals surface area (Å²) < 4.78 is 13.0. The summed E-state index contributed by atoms with van der Waals surface area (Å²) in [4.78, 5) is 8.39. The molecule has 18 heavy (non-hydrogen) atoms. The fourth-order valence-corrected chi connectivity index (χ4v) is 1.56. The highest BCUT2D eigenvalue weighted by Gasteiger charge is 1.99. The Labute approximate surface area is 105 Å². The molecular formula is C13H15FN4. The van der Waals surface area contributed by atoms with E-state index in [0.29, 0.717) is 12.4 Å². The van der Waals surface area contributed by atoms with Crippen molar-refractivity contribution in [3.63, 3.8) is 0 Å². The van der Waals surface area contributed by atoms with Crippen LogP contribution in [-0.2, 0) is 6.54 Å². The number of nitrogens with one attached hydrogen (secondary N) is 2. The van der Waals surface area contributed by atoms with Crippen LogP contribution in [0, 0.1) is 5.82 Å². The number of anilines is 2. The summed E-state index contributed by atoms with van der Waals surface area (Å²) in [6.45, 7) is 3.30. The van der Waals surface area contributed by atoms with Crippen LogP contribution in [0.15, 0.2) is 36.7 Å². The normalized spacial score (nSPS) is 10.1. The number of benzene rings is 1. The Morgan fingerprint density at radius 3 is 2.67 bits per heavy atom. The highest BCUT2D eigenvalue weighted by atomic mass is 19.1. The smallest absolute Gasteiger partial charge is 0.147 e. The molecule has 0 unspecified atom stereocenters. The van der Waals surface area contributed by atoms with Gasteiger partial charge in [-0.25, -0.2) is 9.37 Å². The van der Waals surface area contributed by atoms with Crippen molar-refractivity contribution in [2.75, 3.05) is 17.2 Å². The molecular weight excluding hydrogens is 231 g/mol. The highest BCUT2D eigenvalue weighted by molar-refractivity contribution is 5.41. The molecule has 0 fully saturated rings. The predicted octanol–water partition coefficient (Wildman–Crippen LogP) is 2.66. The zero-order valence-corrected chi connectivity index (χ0v) is 10.2. The lowest BCUT2D eigenvalue weighted by Gasteiger charge is -2.07. The van der Waals surface area contributed by atoms with Gasteiger partial charge in [0, 0.05) is 13.1 Å². The molecule has 2 N–H and O–H groups in total. The van der Waals surface area contributed by atoms with Crippen LogP contribution in [0.25, 0.3) is 0 Å². The Balaban J connectivity index is 1.99. The van der Waals surface area contributed by atoms with Gasteiger partial charge in [0.25, 0.3) is 0 Å². The molecule has 2 rings (SSSR count). The molecule has 0 aliphatic rings. The van der Waals surface area contributed by atoms with E-state index in [1.807, 2.05) is 13.0 Å². The molecule has 0 radical (unpaired) electrons. The number of aromatic nitrogens is 2. The number of hydrogen-bond acceptors (Lipinski definition) is 4. The van der Waals surface area contributed by atoms with Gasteiger partial charge in [0.05, 0.1) is 12.4 Å². The van der Waals surface area contributed by atoms with Gasteiger partial charge < -0.3 is 10.6 Å². The van der Waals surface area contributed by atoms with Crippen molar-refractivity contribution in [2.45, 2.75) is 13.5 Å². The monoisotopic (exact) mass is 246 g/mol. The van der Waals surface area contributed by atoms with E-state index in [4.69, 9.17) is 0 Å². The lowest BCUT2D eigenvalue weighted by atomic mass is 10.2. The molecule has 0 amide bonds. The molecule has 0 aliphatic heterocycles. The van der Waals surface area contributed by atoms with E-state index in [-0.39, 0.29) is 5.82 Å². The van der Waals surface area contributed by atoms with Crippen LogP contribution in [0.4, 0.5) is 16.0 Å². The first-order valence-corrected chi connectivity index (χ1v) is 5.82. The van der Waals surface area contributed by atoms with Gasteiger partial charge in [-0.15, -0.1) is 0 Å². The third-order valence-corrected chi connectivity index (χ3v) is 2.36. The van der Waals surface area contributed by atoms with Crippen molar-refractivity contribution in [1.29, 1.82) is 0 Å². The number of halogens is 1. The van der Waals surface area contributed by atoms with E-state index >= 15 is 0 Å². The summed E-state index contributed by atoms with van der Waals surface area (Å²) in [5, 5.41) is 6.19. The van der Waals surface area contributed by atoms with Crippen LogP contribution in [0.3, 0.4) is 0 Å². The van der Waals surface area contributed by atoms with Crippen molar-refractivity contribution in [3.8, 4) is 0 Å². The van der Waals surface area contributed by atoms with E-state index < -0.39 is 0 Å². The molecule has 94 valence electrons. The third-order valence-electron chi connectivity index (χ3n) is 2.36. The SMILES string of the molecule is CCNc1cncc(NCc2cccc(F)c2)n1. The Kier molecular flexibility index (Phi) is 4.06. The van der Waals surface area contributed by atoms with E-state index in [1.165, 1.54) is 12.1 Å². The van der Waals surface area contributed by atoms with Crippen LogP contribution < -0.4 is 10.6 Å². The zero-order valence-electron chi connectivity index (χ0n) is 10.2. The number of nitrogens with zero attached hydrogens (tertiary/aromatic N) is 2. The quantitative estimate of drug-likeness (QED) is 0.851. The second kappa shape index (κ2) is 5.95. The van der Waals surface area contributed by atoms with E-state index in [9.17, 15) is 4.39 Å². The average Bonchev–Trinajstić information content (AvgIpc) is 2.37. The molecule has 0 bridgehead atoms. The van der Waals surface area contributed by atoms with E-state index in [0.717, 1.165) is 17.9 Å². The summed E-state index contributed by atoms with van der Waals surface area (Å²) >= 11 is 0. The summed E-state index contributed by atoms with van der Waals surface area (Å²) in [5.74, 6) is 1.15. The summed E-state index contributed by atoms with van der Waals surface area (Å²) in [6, 6.07) is 6.47. The predicted molar refractivity (Wildman–Crippen MR) is 69.9 cm³/mol. The maximum absolute atomic E-state index is 13.0. The molecule has 0 aliphatic carbocycles. The topological polar surface area (TPSA) is 49.8 Å². The first-order chi connectivity index (χ1) is 8.78. The average molecular weight is 246 g/mol. The van der Waals surface area contributed by atoms with Gasteiger partial charge in [-0.05, 0) is 24.6 Å². The standard InChI is InChI=1S/C13H15FN4/c1-2-16-12-8-15-9-13(18-12)17-7-10-4-3-5-11(14)6-10/h3-6,8-9H,2,7H2,1H3,(H2,16,17,18). The van der Waals surface area contributed by atoms with Crippen molar-refractivity contribution in [1.82, 2.24) is 9.97 Å². The van der Waals surface area contributed by atoms with E-state index in [2.05, 4.69) is 20.6 Å². The van der Waals surface area contributed by atoms with Crippen molar-refractivity contribution < 1.29 is 4.39 Å². The number of rotatable bonds is 5. The lowest BCUT2D eigenvalue weighted by molar-refractivity contribution is 0.626. The maximum Gasteiger partial charge on any atom is 0.147 e. The minimum absolute atomic E-state index is 0.234. The fourth-order valence-electron chi connectivity index (χ4n) is 1.56. The maximum atomic E-state index is 13.0. The Bertz CT molecular complexity index is 516. The van der Waals surface area contributed by atoms with Crippen LogP contribution in [-0.4, -0.2) is 16.5 Å². The van der Waals surface area contributed by atoms with Gasteiger partial charge >= 0.3 is 0 Å². The number of hydrogen-bond donors (Lipinski definition) is 2. The Hall–Kier alpha value is -2.17. The van der Waals surface area contributed by atoms with Gasteiger partial charge in [-0.1, -0.05) is 12.1 Å². The summed E-state index contributed by atoms with van der Waals surface area (Å²) in [7, 11) is 0. The van der Waals surface area contributed by atoms with Gasteiger partial charge in [0.1, 0.15) is 17.5 Å². The Morgan fingerprint density at radius 1 is 1.17 bits per heavy atom. The van der Waals surface area contributed by atoms with Crippen LogP contribution >= 0.6 is 0 Å². The molecule has 0 atom stereocenters. The van der Waals surface area contributed by atoms with Crippen LogP contribution in [0.5, 0.6) is 0 Å². The van der Waals surface area contributed by atoms with Gasteiger partial charge in [0.15, 0.2) is 0 Å². The minimum atomic E-state index is -0.234. The van der Waals surface area contributed by atoms with Crippen LogP contribution in [0.1, 0.15) is 12.5 Å². The summed E-state index contributed by atoms with van der Waals surface area (Å²) in [5.41, 5.74) is 0.866. The van der Waals surface area contributed by atoms with Crippen molar-refractivity contribution in [2.24, 2.45) is 0 Å². The van der Waals surface area contributed by atoms with Gasteiger partial charge in [-0.2, -0.15) is 0 Å². The molecule has 0 saturated carbocycles. The molecule has 1 heterocycles. The first-order valence-electron chi connectivity index (χ1n) is 5.82.